The molecule has 3 aromatic rings. The highest BCUT2D eigenvalue weighted by molar-refractivity contribution is 5.92. The first-order valence-electron chi connectivity index (χ1n) is 8.35. The van der Waals surface area contributed by atoms with Crippen molar-refractivity contribution in [3.63, 3.8) is 0 Å². The lowest BCUT2D eigenvalue weighted by Crippen LogP contribution is -2.24. The molecule has 0 atom stereocenters. The summed E-state index contributed by atoms with van der Waals surface area (Å²) in [5.41, 5.74) is 1.85. The predicted molar refractivity (Wildman–Crippen MR) is 98.2 cm³/mol. The Bertz CT molecular complexity index is 853. The molecule has 132 valence electrons. The molecule has 1 heterocycles. The number of hydrogen-bond acceptors (Lipinski definition) is 4. The number of nitrogens with one attached hydrogen (secondary N) is 2. The maximum Gasteiger partial charge on any atom is 0.272 e. The summed E-state index contributed by atoms with van der Waals surface area (Å²) in [5, 5.41) is 13.7. The molecule has 0 aliphatic rings. The third kappa shape index (κ3) is 4.86. The van der Waals surface area contributed by atoms with Crippen LogP contribution in [0.3, 0.4) is 0 Å². The molecule has 0 spiro atoms. The first kappa shape index (κ1) is 17.5. The maximum atomic E-state index is 13.5. The number of carbonyl (C=O) groups is 1. The molecule has 5 nitrogen and oxygen atoms in total. The average molecular weight is 350 g/mol. The Morgan fingerprint density at radius 2 is 1.69 bits per heavy atom. The van der Waals surface area contributed by atoms with Crippen LogP contribution in [0.2, 0.25) is 0 Å². The zero-order chi connectivity index (χ0) is 18.2. The van der Waals surface area contributed by atoms with Crippen molar-refractivity contribution in [2.24, 2.45) is 0 Å². The zero-order valence-electron chi connectivity index (χ0n) is 14.2. The normalized spacial score (nSPS) is 10.3. The van der Waals surface area contributed by atoms with Crippen molar-refractivity contribution >= 4 is 11.7 Å². The van der Waals surface area contributed by atoms with Crippen LogP contribution in [-0.4, -0.2) is 22.6 Å². The molecule has 0 bridgehead atoms. The number of halogens is 1. The van der Waals surface area contributed by atoms with E-state index in [4.69, 9.17) is 0 Å². The van der Waals surface area contributed by atoms with Crippen LogP contribution in [0.5, 0.6) is 0 Å². The van der Waals surface area contributed by atoms with Crippen molar-refractivity contribution in [2.75, 3.05) is 11.9 Å². The van der Waals surface area contributed by atoms with Gasteiger partial charge in [-0.3, -0.25) is 4.79 Å². The SMILES string of the molecule is O=C(NCc1ccccc1F)c1ccc(NCCc2ccccc2)nn1. The first-order chi connectivity index (χ1) is 12.7. The fraction of sp³-hybridized carbons (Fsp3) is 0.150. The Hall–Kier alpha value is -3.28. The van der Waals surface area contributed by atoms with E-state index in [9.17, 15) is 9.18 Å². The van der Waals surface area contributed by atoms with E-state index in [0.717, 1.165) is 13.0 Å². The average Bonchev–Trinajstić information content (AvgIpc) is 2.68. The summed E-state index contributed by atoms with van der Waals surface area (Å²) in [4.78, 5) is 12.1. The summed E-state index contributed by atoms with van der Waals surface area (Å²) >= 11 is 0. The number of amides is 1. The Labute approximate surface area is 151 Å². The van der Waals surface area contributed by atoms with E-state index in [1.165, 1.54) is 11.6 Å². The van der Waals surface area contributed by atoms with Crippen LogP contribution in [0.15, 0.2) is 66.7 Å². The topological polar surface area (TPSA) is 66.9 Å². The highest BCUT2D eigenvalue weighted by Gasteiger charge is 2.09. The van der Waals surface area contributed by atoms with Crippen LogP contribution in [-0.2, 0) is 13.0 Å². The van der Waals surface area contributed by atoms with Crippen molar-refractivity contribution in [3.8, 4) is 0 Å². The van der Waals surface area contributed by atoms with Gasteiger partial charge in [-0.15, -0.1) is 10.2 Å². The molecule has 0 saturated heterocycles. The Morgan fingerprint density at radius 1 is 0.923 bits per heavy atom. The van der Waals surface area contributed by atoms with E-state index in [2.05, 4.69) is 33.0 Å². The molecule has 0 unspecified atom stereocenters. The van der Waals surface area contributed by atoms with Crippen molar-refractivity contribution < 1.29 is 9.18 Å². The highest BCUT2D eigenvalue weighted by Crippen LogP contribution is 2.07. The first-order valence-corrected chi connectivity index (χ1v) is 8.35. The second kappa shape index (κ2) is 8.71. The molecule has 0 fully saturated rings. The van der Waals surface area contributed by atoms with Crippen LogP contribution in [0, 0.1) is 5.82 Å². The highest BCUT2D eigenvalue weighted by atomic mass is 19.1. The van der Waals surface area contributed by atoms with Crippen molar-refractivity contribution in [1.82, 2.24) is 15.5 Å². The number of nitrogens with zero attached hydrogens (tertiary/aromatic N) is 2. The molecule has 0 aliphatic heterocycles. The summed E-state index contributed by atoms with van der Waals surface area (Å²) in [7, 11) is 0. The number of rotatable bonds is 7. The van der Waals surface area contributed by atoms with Gasteiger partial charge < -0.3 is 10.6 Å². The largest absolute Gasteiger partial charge is 0.368 e. The molecule has 0 saturated carbocycles. The zero-order valence-corrected chi connectivity index (χ0v) is 14.2. The number of aromatic nitrogens is 2. The van der Waals surface area contributed by atoms with Crippen LogP contribution in [0.4, 0.5) is 10.2 Å². The smallest absolute Gasteiger partial charge is 0.272 e. The summed E-state index contributed by atoms with van der Waals surface area (Å²) < 4.78 is 13.5. The van der Waals surface area contributed by atoms with Gasteiger partial charge in [0.1, 0.15) is 11.6 Å². The van der Waals surface area contributed by atoms with E-state index in [1.54, 1.807) is 30.3 Å². The van der Waals surface area contributed by atoms with Gasteiger partial charge in [0.05, 0.1) is 0 Å². The Kier molecular flexibility index (Phi) is 5.88. The van der Waals surface area contributed by atoms with Gasteiger partial charge in [0, 0.05) is 18.7 Å². The lowest BCUT2D eigenvalue weighted by molar-refractivity contribution is 0.0944. The predicted octanol–water partition coefficient (Wildman–Crippen LogP) is 3.20. The fourth-order valence-electron chi connectivity index (χ4n) is 2.44. The van der Waals surface area contributed by atoms with Crippen LogP contribution in [0.25, 0.3) is 0 Å². The van der Waals surface area contributed by atoms with Crippen molar-refractivity contribution in [1.29, 1.82) is 0 Å². The number of carbonyl (C=O) groups excluding carboxylic acids is 1. The second-order valence-corrected chi connectivity index (χ2v) is 5.74. The van der Waals surface area contributed by atoms with Gasteiger partial charge in [0.2, 0.25) is 0 Å². The molecule has 26 heavy (non-hydrogen) atoms. The van der Waals surface area contributed by atoms with Crippen LogP contribution in [0.1, 0.15) is 21.6 Å². The van der Waals surface area contributed by atoms with E-state index in [1.807, 2.05) is 18.2 Å². The third-order valence-electron chi connectivity index (χ3n) is 3.86. The van der Waals surface area contributed by atoms with Gasteiger partial charge in [0.25, 0.3) is 5.91 Å². The minimum absolute atomic E-state index is 0.101. The summed E-state index contributed by atoms with van der Waals surface area (Å²) in [5.74, 6) is -0.139. The summed E-state index contributed by atoms with van der Waals surface area (Å²) in [6, 6.07) is 19.7. The van der Waals surface area contributed by atoms with Crippen LogP contribution < -0.4 is 10.6 Å². The Morgan fingerprint density at radius 3 is 2.42 bits per heavy atom. The molecule has 6 heteroatoms. The van der Waals surface area contributed by atoms with Gasteiger partial charge in [-0.1, -0.05) is 48.5 Å². The van der Waals surface area contributed by atoms with E-state index < -0.39 is 5.91 Å². The fourth-order valence-corrected chi connectivity index (χ4v) is 2.44. The number of anilines is 1. The quantitative estimate of drug-likeness (QED) is 0.687. The molecule has 2 aromatic carbocycles. The minimum atomic E-state index is -0.392. The standard InChI is InChI=1S/C20H19FN4O/c21-17-9-5-4-8-16(17)14-23-20(26)18-10-11-19(25-24-18)22-13-12-15-6-2-1-3-7-15/h1-11H,12-14H2,(H,22,25)(H,23,26). The maximum absolute atomic E-state index is 13.5. The van der Waals surface area contributed by atoms with Crippen LogP contribution >= 0.6 is 0 Å². The Balaban J connectivity index is 1.49. The van der Waals surface area contributed by atoms with E-state index in [0.29, 0.717) is 11.4 Å². The van der Waals surface area contributed by atoms with E-state index in [-0.39, 0.29) is 18.1 Å². The molecular formula is C20H19FN4O. The second-order valence-electron chi connectivity index (χ2n) is 5.74. The van der Waals surface area contributed by atoms with Gasteiger partial charge >= 0.3 is 0 Å². The third-order valence-corrected chi connectivity index (χ3v) is 3.86. The molecule has 1 amide bonds. The molecule has 0 radical (unpaired) electrons. The van der Waals surface area contributed by atoms with Gasteiger partial charge in [-0.05, 0) is 30.2 Å². The lowest BCUT2D eigenvalue weighted by Gasteiger charge is -2.07. The monoisotopic (exact) mass is 350 g/mol. The lowest BCUT2D eigenvalue weighted by atomic mass is 10.1. The minimum Gasteiger partial charge on any atom is -0.368 e. The van der Waals surface area contributed by atoms with Gasteiger partial charge in [0.15, 0.2) is 5.69 Å². The van der Waals surface area contributed by atoms with Gasteiger partial charge in [-0.25, -0.2) is 4.39 Å². The van der Waals surface area contributed by atoms with Gasteiger partial charge in [-0.2, -0.15) is 0 Å². The molecule has 1 aromatic heterocycles. The van der Waals surface area contributed by atoms with Crippen molar-refractivity contribution in [3.05, 3.63) is 89.4 Å². The molecule has 3 rings (SSSR count). The number of benzene rings is 2. The number of hydrogen-bond donors (Lipinski definition) is 2. The van der Waals surface area contributed by atoms with E-state index >= 15 is 0 Å². The summed E-state index contributed by atoms with van der Waals surface area (Å²) in [6.45, 7) is 0.821. The van der Waals surface area contributed by atoms with Crippen molar-refractivity contribution in [2.45, 2.75) is 13.0 Å². The molecule has 0 aliphatic carbocycles. The molecule has 2 N–H and O–H groups in total. The summed E-state index contributed by atoms with van der Waals surface area (Å²) in [6.07, 6.45) is 0.868. The molecular weight excluding hydrogens is 331 g/mol.